The second-order valence-electron chi connectivity index (χ2n) is 7.04. The molecule has 23 heavy (non-hydrogen) atoms. The maximum Gasteiger partial charge on any atom is 0.224 e. The second kappa shape index (κ2) is 7.04. The maximum atomic E-state index is 12.8. The number of carbonyl (C=O) groups is 1. The van der Waals surface area contributed by atoms with Crippen LogP contribution in [-0.4, -0.2) is 57.2 Å². The highest BCUT2D eigenvalue weighted by Gasteiger charge is 2.38. The van der Waals surface area contributed by atoms with E-state index in [1.54, 1.807) is 0 Å². The van der Waals surface area contributed by atoms with Crippen LogP contribution in [0.5, 0.6) is 0 Å². The number of aromatic nitrogens is 2. The van der Waals surface area contributed by atoms with Gasteiger partial charge in [-0.05, 0) is 58.7 Å². The predicted octanol–water partition coefficient (Wildman–Crippen LogP) is 2.37. The van der Waals surface area contributed by atoms with Gasteiger partial charge < -0.3 is 4.90 Å². The van der Waals surface area contributed by atoms with E-state index in [9.17, 15) is 4.79 Å². The largest absolute Gasteiger partial charge is 0.338 e. The highest BCUT2D eigenvalue weighted by Crippen LogP contribution is 2.30. The maximum absolute atomic E-state index is 12.8. The fourth-order valence-electron chi connectivity index (χ4n) is 4.43. The van der Waals surface area contributed by atoms with Gasteiger partial charge in [-0.2, -0.15) is 5.10 Å². The van der Waals surface area contributed by atoms with Crippen molar-refractivity contribution >= 4 is 5.91 Å². The summed E-state index contributed by atoms with van der Waals surface area (Å²) in [5.74, 6) is 0.308. The zero-order chi connectivity index (χ0) is 16.4. The first-order valence-electron chi connectivity index (χ1n) is 9.14. The number of likely N-dealkylation sites (N-methyl/N-ethyl adjacent to an activating group) is 1. The number of carbonyl (C=O) groups excluding carboxylic acids is 1. The van der Waals surface area contributed by atoms with Crippen molar-refractivity contribution in [2.24, 2.45) is 0 Å². The molecule has 1 aromatic heterocycles. The molecule has 1 aromatic rings. The van der Waals surface area contributed by atoms with Crippen LogP contribution in [0.2, 0.25) is 0 Å². The van der Waals surface area contributed by atoms with Gasteiger partial charge in [0.05, 0.1) is 5.69 Å². The summed E-state index contributed by atoms with van der Waals surface area (Å²) in [7, 11) is 0. The molecule has 2 atom stereocenters. The van der Waals surface area contributed by atoms with E-state index < -0.39 is 0 Å². The lowest BCUT2D eigenvalue weighted by molar-refractivity contribution is -0.133. The van der Waals surface area contributed by atoms with Gasteiger partial charge in [-0.3, -0.25) is 14.4 Å². The Bertz CT molecular complexity index is 553. The Hall–Kier alpha value is -1.36. The summed E-state index contributed by atoms with van der Waals surface area (Å²) < 4.78 is 1.96. The van der Waals surface area contributed by atoms with Crippen LogP contribution in [0.15, 0.2) is 6.07 Å². The molecule has 5 heteroatoms. The van der Waals surface area contributed by atoms with Crippen LogP contribution in [0.25, 0.3) is 0 Å². The SMILES string of the molecule is CCN1CCC[C@@H]1[C@H]1CCCN1C(=O)CCn1nc(C)cc1C. The lowest BCUT2D eigenvalue weighted by Crippen LogP contribution is -2.48. The Kier molecular flexibility index (Phi) is 5.05. The van der Waals surface area contributed by atoms with Crippen LogP contribution in [-0.2, 0) is 11.3 Å². The smallest absolute Gasteiger partial charge is 0.224 e. The molecule has 0 aromatic carbocycles. The number of amides is 1. The van der Waals surface area contributed by atoms with Crippen molar-refractivity contribution < 1.29 is 4.79 Å². The standard InChI is InChI=1S/C18H30N4O/c1-4-20-10-5-7-16(20)17-8-6-11-21(17)18(23)9-12-22-15(3)13-14(2)19-22/h13,16-17H,4-12H2,1-3H3/t16-,17-/m1/s1. The average molecular weight is 318 g/mol. The van der Waals surface area contributed by atoms with Crippen molar-refractivity contribution in [2.45, 2.75) is 71.5 Å². The first-order chi connectivity index (χ1) is 11.1. The molecule has 0 spiro atoms. The topological polar surface area (TPSA) is 41.4 Å². The number of aryl methyl sites for hydroxylation is 3. The molecular weight excluding hydrogens is 288 g/mol. The molecule has 2 saturated heterocycles. The van der Waals surface area contributed by atoms with Gasteiger partial charge in [-0.1, -0.05) is 6.92 Å². The molecule has 2 fully saturated rings. The molecule has 5 nitrogen and oxygen atoms in total. The van der Waals surface area contributed by atoms with Crippen molar-refractivity contribution in [3.63, 3.8) is 0 Å². The molecule has 0 N–H and O–H groups in total. The summed E-state index contributed by atoms with van der Waals surface area (Å²) in [6, 6.07) is 3.09. The van der Waals surface area contributed by atoms with E-state index in [1.807, 2.05) is 11.6 Å². The second-order valence-corrected chi connectivity index (χ2v) is 7.04. The first-order valence-corrected chi connectivity index (χ1v) is 9.14. The Morgan fingerprint density at radius 3 is 2.65 bits per heavy atom. The Morgan fingerprint density at radius 2 is 1.96 bits per heavy atom. The third kappa shape index (κ3) is 3.44. The molecular formula is C18H30N4O. The average Bonchev–Trinajstić information content (AvgIpc) is 3.23. The minimum Gasteiger partial charge on any atom is -0.338 e. The molecule has 1 amide bonds. The fraction of sp³-hybridized carbons (Fsp3) is 0.778. The van der Waals surface area contributed by atoms with Crippen LogP contribution in [0.1, 0.15) is 50.4 Å². The summed E-state index contributed by atoms with van der Waals surface area (Å²) in [6.07, 6.45) is 5.43. The molecule has 0 bridgehead atoms. The molecule has 2 aliphatic rings. The normalized spacial score (nSPS) is 25.4. The van der Waals surface area contributed by atoms with Crippen LogP contribution in [0.4, 0.5) is 0 Å². The highest BCUT2D eigenvalue weighted by atomic mass is 16.2. The number of likely N-dealkylation sites (tertiary alicyclic amines) is 2. The van der Waals surface area contributed by atoms with E-state index in [2.05, 4.69) is 34.8 Å². The van der Waals surface area contributed by atoms with Gasteiger partial charge in [0, 0.05) is 37.3 Å². The predicted molar refractivity (Wildman–Crippen MR) is 91.3 cm³/mol. The van der Waals surface area contributed by atoms with Gasteiger partial charge in [0.15, 0.2) is 0 Å². The monoisotopic (exact) mass is 318 g/mol. The zero-order valence-electron chi connectivity index (χ0n) is 14.8. The van der Waals surface area contributed by atoms with Crippen LogP contribution < -0.4 is 0 Å². The molecule has 0 saturated carbocycles. The van der Waals surface area contributed by atoms with Crippen molar-refractivity contribution in [1.29, 1.82) is 0 Å². The van der Waals surface area contributed by atoms with Crippen LogP contribution >= 0.6 is 0 Å². The minimum atomic E-state index is 0.308. The van der Waals surface area contributed by atoms with Crippen LogP contribution in [0.3, 0.4) is 0 Å². The van der Waals surface area contributed by atoms with E-state index in [0.717, 1.165) is 30.9 Å². The number of nitrogens with zero attached hydrogens (tertiary/aromatic N) is 4. The van der Waals surface area contributed by atoms with E-state index in [1.165, 1.54) is 25.8 Å². The van der Waals surface area contributed by atoms with E-state index >= 15 is 0 Å². The van der Waals surface area contributed by atoms with Gasteiger partial charge >= 0.3 is 0 Å². The fourth-order valence-corrected chi connectivity index (χ4v) is 4.43. The summed E-state index contributed by atoms with van der Waals surface area (Å²) >= 11 is 0. The Morgan fingerprint density at radius 1 is 1.22 bits per heavy atom. The molecule has 3 heterocycles. The summed E-state index contributed by atoms with van der Waals surface area (Å²) in [5, 5.41) is 4.47. The van der Waals surface area contributed by atoms with E-state index in [0.29, 0.717) is 31.0 Å². The van der Waals surface area contributed by atoms with Gasteiger partial charge in [0.1, 0.15) is 0 Å². The number of hydrogen-bond acceptors (Lipinski definition) is 3. The number of rotatable bonds is 5. The van der Waals surface area contributed by atoms with Crippen molar-refractivity contribution in [3.8, 4) is 0 Å². The Labute approximate surface area is 139 Å². The molecule has 3 rings (SSSR count). The van der Waals surface area contributed by atoms with Gasteiger partial charge in [-0.25, -0.2) is 0 Å². The molecule has 0 radical (unpaired) electrons. The zero-order valence-corrected chi connectivity index (χ0v) is 14.8. The third-order valence-corrected chi connectivity index (χ3v) is 5.52. The Balaban J connectivity index is 1.60. The van der Waals surface area contributed by atoms with Crippen molar-refractivity contribution in [1.82, 2.24) is 19.6 Å². The van der Waals surface area contributed by atoms with Crippen molar-refractivity contribution in [2.75, 3.05) is 19.6 Å². The van der Waals surface area contributed by atoms with Crippen molar-refractivity contribution in [3.05, 3.63) is 17.5 Å². The van der Waals surface area contributed by atoms with E-state index in [-0.39, 0.29) is 0 Å². The van der Waals surface area contributed by atoms with Gasteiger partial charge in [-0.15, -0.1) is 0 Å². The lowest BCUT2D eigenvalue weighted by Gasteiger charge is -2.34. The highest BCUT2D eigenvalue weighted by molar-refractivity contribution is 5.76. The number of hydrogen-bond donors (Lipinski definition) is 0. The van der Waals surface area contributed by atoms with Crippen LogP contribution in [0, 0.1) is 13.8 Å². The first kappa shape index (κ1) is 16.5. The summed E-state index contributed by atoms with van der Waals surface area (Å²) in [4.78, 5) is 17.5. The molecule has 0 aliphatic carbocycles. The quantitative estimate of drug-likeness (QED) is 0.837. The van der Waals surface area contributed by atoms with Gasteiger partial charge in [0.2, 0.25) is 5.91 Å². The summed E-state index contributed by atoms with van der Waals surface area (Å²) in [6.45, 7) is 10.2. The molecule has 0 unspecified atom stereocenters. The van der Waals surface area contributed by atoms with E-state index in [4.69, 9.17) is 0 Å². The minimum absolute atomic E-state index is 0.308. The molecule has 128 valence electrons. The third-order valence-electron chi connectivity index (χ3n) is 5.52. The lowest BCUT2D eigenvalue weighted by atomic mass is 10.0. The van der Waals surface area contributed by atoms with Gasteiger partial charge in [0.25, 0.3) is 0 Å². The summed E-state index contributed by atoms with van der Waals surface area (Å²) in [5.41, 5.74) is 2.17. The molecule has 2 aliphatic heterocycles.